The molecule has 0 rings (SSSR count). The number of carbonyl (C=O) groups excluding carboxylic acids is 3. The number of rotatable bonds is 47. The van der Waals surface area contributed by atoms with E-state index >= 15 is 0 Å². The zero-order valence-corrected chi connectivity index (χ0v) is 41.8. The van der Waals surface area contributed by atoms with Crippen molar-refractivity contribution in [2.75, 3.05) is 13.2 Å². The molecule has 0 heterocycles. The third-order valence-electron chi connectivity index (χ3n) is 11.1. The van der Waals surface area contributed by atoms with Gasteiger partial charge in [-0.1, -0.05) is 215 Å². The Morgan fingerprint density at radius 1 is 0.328 bits per heavy atom. The van der Waals surface area contributed by atoms with Crippen LogP contribution in [0.4, 0.5) is 0 Å². The van der Waals surface area contributed by atoms with Crippen LogP contribution in [0.3, 0.4) is 0 Å². The van der Waals surface area contributed by atoms with Gasteiger partial charge in [0.1, 0.15) is 13.2 Å². The summed E-state index contributed by atoms with van der Waals surface area (Å²) < 4.78 is 16.7. The molecule has 0 amide bonds. The number of esters is 3. The minimum Gasteiger partial charge on any atom is -0.462 e. The van der Waals surface area contributed by atoms with Crippen LogP contribution < -0.4 is 0 Å². The van der Waals surface area contributed by atoms with Crippen molar-refractivity contribution in [2.45, 2.75) is 252 Å². The van der Waals surface area contributed by atoms with Crippen molar-refractivity contribution in [1.82, 2.24) is 0 Å². The molecule has 0 fully saturated rings. The van der Waals surface area contributed by atoms with Crippen LogP contribution >= 0.6 is 0 Å². The third kappa shape index (κ3) is 49.6. The maximum absolute atomic E-state index is 12.8. The minimum atomic E-state index is -0.785. The smallest absolute Gasteiger partial charge is 0.306 e. The van der Waals surface area contributed by atoms with Crippen molar-refractivity contribution in [3.63, 3.8) is 0 Å². The van der Waals surface area contributed by atoms with Gasteiger partial charge in [0.25, 0.3) is 0 Å². The molecule has 0 aromatic heterocycles. The predicted octanol–water partition coefficient (Wildman–Crippen LogP) is 17.6. The van der Waals surface area contributed by atoms with Gasteiger partial charge in [0.05, 0.1) is 0 Å². The van der Waals surface area contributed by atoms with Gasteiger partial charge in [0.2, 0.25) is 0 Å². The van der Waals surface area contributed by atoms with Crippen LogP contribution in [0.15, 0.2) is 85.1 Å². The van der Waals surface area contributed by atoms with E-state index in [4.69, 9.17) is 14.2 Å². The molecule has 64 heavy (non-hydrogen) atoms. The molecular formula is C58H98O6. The lowest BCUT2D eigenvalue weighted by atomic mass is 10.1. The monoisotopic (exact) mass is 891 g/mol. The Labute approximate surface area is 395 Å². The first kappa shape index (κ1) is 60.6. The van der Waals surface area contributed by atoms with Crippen LogP contribution in [0, 0.1) is 0 Å². The summed E-state index contributed by atoms with van der Waals surface area (Å²) in [5, 5.41) is 0. The number of hydrogen-bond donors (Lipinski definition) is 0. The summed E-state index contributed by atoms with van der Waals surface area (Å²) in [6.45, 7) is 6.44. The highest BCUT2D eigenvalue weighted by Crippen LogP contribution is 2.14. The number of unbranched alkanes of at least 4 members (excludes halogenated alkanes) is 22. The average molecular weight is 891 g/mol. The molecule has 0 aromatic rings. The normalized spacial score (nSPS) is 12.7. The van der Waals surface area contributed by atoms with E-state index in [1.807, 2.05) is 0 Å². The highest BCUT2D eigenvalue weighted by Gasteiger charge is 2.19. The first-order valence-electron chi connectivity index (χ1n) is 26.6. The van der Waals surface area contributed by atoms with E-state index in [-0.39, 0.29) is 31.1 Å². The summed E-state index contributed by atoms with van der Waals surface area (Å²) in [5.41, 5.74) is 0. The van der Waals surface area contributed by atoms with E-state index in [0.29, 0.717) is 19.3 Å². The molecule has 0 aliphatic carbocycles. The molecule has 1 unspecified atom stereocenters. The highest BCUT2D eigenvalue weighted by molar-refractivity contribution is 5.71. The minimum absolute atomic E-state index is 0.0856. The Bertz CT molecular complexity index is 1250. The number of ether oxygens (including phenoxy) is 3. The lowest BCUT2D eigenvalue weighted by Gasteiger charge is -2.18. The predicted molar refractivity (Wildman–Crippen MR) is 274 cm³/mol. The van der Waals surface area contributed by atoms with E-state index in [1.54, 1.807) is 0 Å². The lowest BCUT2D eigenvalue weighted by molar-refractivity contribution is -0.167. The van der Waals surface area contributed by atoms with E-state index < -0.39 is 6.10 Å². The fraction of sp³-hybridized carbons (Fsp3) is 0.707. The molecule has 0 saturated carbocycles. The lowest BCUT2D eigenvalue weighted by Crippen LogP contribution is -2.30. The zero-order valence-electron chi connectivity index (χ0n) is 41.8. The molecule has 0 aliphatic rings. The average Bonchev–Trinajstić information content (AvgIpc) is 3.29. The van der Waals surface area contributed by atoms with Crippen molar-refractivity contribution >= 4 is 17.9 Å². The van der Waals surface area contributed by atoms with Gasteiger partial charge in [-0.25, -0.2) is 0 Å². The summed E-state index contributed by atoms with van der Waals surface area (Å²) in [5.74, 6) is -0.917. The van der Waals surface area contributed by atoms with Gasteiger partial charge in [0, 0.05) is 19.3 Å². The standard InChI is InChI=1S/C58H98O6/c1-4-7-10-13-16-18-20-22-24-26-27-28-29-30-31-32-34-35-37-39-42-45-48-51-57(60)63-54-55(53-62-56(59)50-47-44-41-15-12-9-6-3)64-58(61)52-49-46-43-40-38-36-33-25-23-21-19-17-14-11-8-5-2/h7,10,16,18-19,21-22,24-25,27-28,30-31,33,55H,4-6,8-9,11-15,17,20,23,26,29,32,34-54H2,1-3H3/b10-7-,18-16-,21-19-,24-22-,28-27-,31-30-,33-25-. The summed E-state index contributed by atoms with van der Waals surface area (Å²) in [4.78, 5) is 37.8. The van der Waals surface area contributed by atoms with Crippen LogP contribution in [0.2, 0.25) is 0 Å². The van der Waals surface area contributed by atoms with E-state index in [9.17, 15) is 14.4 Å². The quantitative estimate of drug-likeness (QED) is 0.0262. The van der Waals surface area contributed by atoms with Crippen LogP contribution in [0.5, 0.6) is 0 Å². The summed E-state index contributed by atoms with van der Waals surface area (Å²) in [7, 11) is 0. The summed E-state index contributed by atoms with van der Waals surface area (Å²) >= 11 is 0. The van der Waals surface area contributed by atoms with Gasteiger partial charge in [-0.15, -0.1) is 0 Å². The maximum atomic E-state index is 12.8. The third-order valence-corrected chi connectivity index (χ3v) is 11.1. The first-order valence-corrected chi connectivity index (χ1v) is 26.6. The van der Waals surface area contributed by atoms with Crippen LogP contribution in [-0.4, -0.2) is 37.2 Å². The Morgan fingerprint density at radius 3 is 0.969 bits per heavy atom. The molecule has 366 valence electrons. The van der Waals surface area contributed by atoms with Crippen LogP contribution in [0.1, 0.15) is 245 Å². The molecule has 0 saturated heterocycles. The van der Waals surface area contributed by atoms with Crippen molar-refractivity contribution in [3.8, 4) is 0 Å². The summed E-state index contributed by atoms with van der Waals surface area (Å²) in [6, 6.07) is 0. The highest BCUT2D eigenvalue weighted by atomic mass is 16.6. The van der Waals surface area contributed by atoms with Gasteiger partial charge in [-0.2, -0.15) is 0 Å². The summed E-state index contributed by atoms with van der Waals surface area (Å²) in [6.07, 6.45) is 67.2. The van der Waals surface area contributed by atoms with E-state index in [1.165, 1.54) is 83.5 Å². The first-order chi connectivity index (χ1) is 31.5. The van der Waals surface area contributed by atoms with Gasteiger partial charge in [-0.3, -0.25) is 14.4 Å². The van der Waals surface area contributed by atoms with Crippen molar-refractivity contribution in [2.24, 2.45) is 0 Å². The van der Waals surface area contributed by atoms with E-state index in [2.05, 4.69) is 106 Å². The van der Waals surface area contributed by atoms with Crippen molar-refractivity contribution in [1.29, 1.82) is 0 Å². The van der Waals surface area contributed by atoms with Crippen LogP contribution in [-0.2, 0) is 28.6 Å². The van der Waals surface area contributed by atoms with Gasteiger partial charge in [-0.05, 0) is 96.3 Å². The largest absolute Gasteiger partial charge is 0.462 e. The maximum Gasteiger partial charge on any atom is 0.306 e. The fourth-order valence-electron chi connectivity index (χ4n) is 7.15. The van der Waals surface area contributed by atoms with Gasteiger partial charge >= 0.3 is 17.9 Å². The Morgan fingerprint density at radius 2 is 0.609 bits per heavy atom. The number of hydrogen-bond acceptors (Lipinski definition) is 6. The Balaban J connectivity index is 4.27. The molecular weight excluding hydrogens is 793 g/mol. The molecule has 0 spiro atoms. The number of carbonyl (C=O) groups is 3. The molecule has 0 radical (unpaired) electrons. The van der Waals surface area contributed by atoms with Gasteiger partial charge < -0.3 is 14.2 Å². The van der Waals surface area contributed by atoms with Crippen molar-refractivity contribution in [3.05, 3.63) is 85.1 Å². The van der Waals surface area contributed by atoms with Crippen LogP contribution in [0.25, 0.3) is 0 Å². The SMILES string of the molecule is CC/C=C\C/C=C\C/C=C\C/C=C\C/C=C\CCCCCCCCCC(=O)OCC(COC(=O)CCCCCCCCC)OC(=O)CCCCCCC/C=C\C/C=C\CCCCCC. The topological polar surface area (TPSA) is 78.9 Å². The fourth-order valence-corrected chi connectivity index (χ4v) is 7.15. The zero-order chi connectivity index (χ0) is 46.5. The molecule has 6 nitrogen and oxygen atoms in total. The second kappa shape index (κ2) is 52.2. The molecule has 6 heteroatoms. The molecule has 1 atom stereocenters. The van der Waals surface area contributed by atoms with Crippen molar-refractivity contribution < 1.29 is 28.6 Å². The molecule has 0 aliphatic heterocycles. The molecule has 0 bridgehead atoms. The molecule has 0 aromatic carbocycles. The second-order valence-corrected chi connectivity index (χ2v) is 17.4. The second-order valence-electron chi connectivity index (χ2n) is 17.4. The Hall–Kier alpha value is -3.41. The van der Waals surface area contributed by atoms with Gasteiger partial charge in [0.15, 0.2) is 6.10 Å². The van der Waals surface area contributed by atoms with E-state index in [0.717, 1.165) is 122 Å². The number of allylic oxidation sites excluding steroid dienone is 14. The Kier molecular flexibility index (Phi) is 49.4. The molecule has 0 N–H and O–H groups in total.